The van der Waals surface area contributed by atoms with Crippen LogP contribution >= 0.6 is 0 Å². The van der Waals surface area contributed by atoms with Crippen LogP contribution in [0, 0.1) is 0 Å². The number of nitrogens with zero attached hydrogens (tertiary/aromatic N) is 2. The predicted octanol–water partition coefficient (Wildman–Crippen LogP) is 0.311. The molecule has 0 atom stereocenters. The summed E-state index contributed by atoms with van der Waals surface area (Å²) in [6.07, 6.45) is 6.73. The molecule has 0 spiro atoms. The van der Waals surface area contributed by atoms with Crippen LogP contribution in [0.15, 0.2) is 29.0 Å². The topological polar surface area (TPSA) is 32.7 Å². The third-order valence-corrected chi connectivity index (χ3v) is 1.55. The van der Waals surface area contributed by atoms with E-state index in [4.69, 9.17) is 0 Å². The molecule has 0 N–H and O–H groups in total. The Balaban J connectivity index is 2.39. The van der Waals surface area contributed by atoms with Crippen LogP contribution in [0.4, 0.5) is 0 Å². The smallest absolute Gasteiger partial charge is 0.251 e. The van der Waals surface area contributed by atoms with Gasteiger partial charge in [-0.15, -0.1) is 0 Å². The van der Waals surface area contributed by atoms with E-state index < -0.39 is 0 Å². The van der Waals surface area contributed by atoms with E-state index in [9.17, 15) is 4.79 Å². The van der Waals surface area contributed by atoms with Crippen LogP contribution in [0.1, 0.15) is 0 Å². The van der Waals surface area contributed by atoms with Crippen molar-refractivity contribution in [3.63, 3.8) is 0 Å². The first-order valence-electron chi connectivity index (χ1n) is 3.09. The van der Waals surface area contributed by atoms with Crippen LogP contribution in [0.5, 0.6) is 0 Å². The first-order valence-corrected chi connectivity index (χ1v) is 3.09. The molecule has 3 heteroatoms. The highest BCUT2D eigenvalue weighted by Crippen LogP contribution is 2.15. The largest absolute Gasteiger partial charge is 0.302 e. The molecular formula is C7H6N2O. The van der Waals surface area contributed by atoms with E-state index in [1.54, 1.807) is 29.5 Å². The number of hydrogen-bond acceptors (Lipinski definition) is 2. The van der Waals surface area contributed by atoms with Crippen molar-refractivity contribution < 1.29 is 4.79 Å². The Morgan fingerprint density at radius 3 is 3.20 bits per heavy atom. The fourth-order valence-corrected chi connectivity index (χ4v) is 1.03. The second-order valence-electron chi connectivity index (χ2n) is 2.17. The second-order valence-corrected chi connectivity index (χ2v) is 2.17. The Kier molecular flexibility index (Phi) is 0.974. The van der Waals surface area contributed by atoms with E-state index in [0.717, 1.165) is 5.70 Å². The molecule has 0 aromatic heterocycles. The lowest BCUT2D eigenvalue weighted by Gasteiger charge is -2.16. The van der Waals surface area contributed by atoms with Gasteiger partial charge in [0, 0.05) is 12.3 Å². The van der Waals surface area contributed by atoms with Crippen molar-refractivity contribution >= 4 is 12.1 Å². The quantitative estimate of drug-likeness (QED) is 0.469. The average molecular weight is 134 g/mol. The molecule has 0 saturated heterocycles. The first kappa shape index (κ1) is 5.41. The fourth-order valence-electron chi connectivity index (χ4n) is 1.03. The van der Waals surface area contributed by atoms with Gasteiger partial charge in [0.05, 0.1) is 18.4 Å². The maximum atomic E-state index is 10.9. The van der Waals surface area contributed by atoms with Crippen LogP contribution < -0.4 is 0 Å². The van der Waals surface area contributed by atoms with Gasteiger partial charge in [-0.2, -0.15) is 0 Å². The molecule has 10 heavy (non-hydrogen) atoms. The van der Waals surface area contributed by atoms with Crippen LogP contribution in [0.2, 0.25) is 0 Å². The molecule has 3 nitrogen and oxygen atoms in total. The zero-order valence-corrected chi connectivity index (χ0v) is 5.32. The molecule has 0 aromatic rings. The molecular weight excluding hydrogens is 128 g/mol. The number of carbonyl (C=O) groups is 1. The van der Waals surface area contributed by atoms with Gasteiger partial charge in [0.25, 0.3) is 5.91 Å². The fraction of sp³-hybridized carbons (Fsp3) is 0.143. The monoisotopic (exact) mass is 134 g/mol. The molecule has 0 aromatic carbocycles. The predicted molar refractivity (Wildman–Crippen MR) is 37.4 cm³/mol. The molecule has 2 aliphatic heterocycles. The summed E-state index contributed by atoms with van der Waals surface area (Å²) in [6, 6.07) is 0. The standard InChI is InChI=1S/C7H6N2O/c10-7-2-1-6-5-8-3-4-9(6)7/h1-3,5H,4H2. The van der Waals surface area contributed by atoms with Gasteiger partial charge < -0.3 is 4.90 Å². The summed E-state index contributed by atoms with van der Waals surface area (Å²) in [4.78, 5) is 16.5. The van der Waals surface area contributed by atoms with Crippen molar-refractivity contribution in [2.45, 2.75) is 0 Å². The van der Waals surface area contributed by atoms with E-state index in [1.165, 1.54) is 0 Å². The van der Waals surface area contributed by atoms with Crippen molar-refractivity contribution in [1.82, 2.24) is 4.90 Å². The van der Waals surface area contributed by atoms with Crippen molar-refractivity contribution in [3.8, 4) is 0 Å². The molecule has 1 amide bonds. The molecule has 0 radical (unpaired) electrons. The average Bonchev–Trinajstić information content (AvgIpc) is 2.34. The summed E-state index contributed by atoms with van der Waals surface area (Å²) in [7, 11) is 0. The van der Waals surface area contributed by atoms with Crippen LogP contribution in [-0.4, -0.2) is 23.6 Å². The van der Waals surface area contributed by atoms with Crippen molar-refractivity contribution in [3.05, 3.63) is 24.0 Å². The molecule has 0 bridgehead atoms. The highest BCUT2D eigenvalue weighted by molar-refractivity contribution is 5.95. The van der Waals surface area contributed by atoms with E-state index in [2.05, 4.69) is 4.99 Å². The zero-order chi connectivity index (χ0) is 6.97. The maximum Gasteiger partial charge on any atom is 0.251 e. The number of carbonyl (C=O) groups excluding carboxylic acids is 1. The number of amides is 1. The van der Waals surface area contributed by atoms with E-state index in [0.29, 0.717) is 6.54 Å². The lowest BCUT2D eigenvalue weighted by atomic mass is 10.4. The Labute approximate surface area is 58.4 Å². The molecule has 50 valence electrons. The van der Waals surface area contributed by atoms with Gasteiger partial charge >= 0.3 is 0 Å². The molecule has 0 unspecified atom stereocenters. The summed E-state index contributed by atoms with van der Waals surface area (Å²) in [5.41, 5.74) is 0.896. The van der Waals surface area contributed by atoms with Gasteiger partial charge in [-0.1, -0.05) is 0 Å². The third kappa shape index (κ3) is 0.603. The van der Waals surface area contributed by atoms with Crippen LogP contribution in [0.25, 0.3) is 0 Å². The van der Waals surface area contributed by atoms with Gasteiger partial charge in [-0.05, 0) is 6.08 Å². The molecule has 0 saturated carbocycles. The molecule has 0 aliphatic carbocycles. The molecule has 2 rings (SSSR count). The Morgan fingerprint density at radius 2 is 2.40 bits per heavy atom. The first-order chi connectivity index (χ1) is 4.88. The normalized spacial score (nSPS) is 21.4. The van der Waals surface area contributed by atoms with Gasteiger partial charge in [0.1, 0.15) is 0 Å². The Hall–Kier alpha value is -1.38. The van der Waals surface area contributed by atoms with Crippen molar-refractivity contribution in [1.29, 1.82) is 0 Å². The van der Waals surface area contributed by atoms with Gasteiger partial charge in [-0.3, -0.25) is 9.79 Å². The SMILES string of the molecule is O=C1C=CC2=CN=CCN12. The molecule has 0 fully saturated rings. The minimum Gasteiger partial charge on any atom is -0.302 e. The summed E-state index contributed by atoms with van der Waals surface area (Å²) in [5, 5.41) is 0. The number of allylic oxidation sites excluding steroid dienone is 1. The molecule has 2 aliphatic rings. The van der Waals surface area contributed by atoms with Crippen molar-refractivity contribution in [2.24, 2.45) is 4.99 Å². The lowest BCUT2D eigenvalue weighted by molar-refractivity contribution is -0.122. The van der Waals surface area contributed by atoms with E-state index in [1.807, 2.05) is 0 Å². The van der Waals surface area contributed by atoms with Crippen molar-refractivity contribution in [2.75, 3.05) is 6.54 Å². The maximum absolute atomic E-state index is 10.9. The number of rotatable bonds is 0. The van der Waals surface area contributed by atoms with Crippen LogP contribution in [0.3, 0.4) is 0 Å². The lowest BCUT2D eigenvalue weighted by Crippen LogP contribution is -2.27. The zero-order valence-electron chi connectivity index (χ0n) is 5.32. The number of hydrogen-bond donors (Lipinski definition) is 0. The van der Waals surface area contributed by atoms with Gasteiger partial charge in [0.2, 0.25) is 0 Å². The van der Waals surface area contributed by atoms with Gasteiger partial charge in [-0.25, -0.2) is 0 Å². The highest BCUT2D eigenvalue weighted by atomic mass is 16.2. The Morgan fingerprint density at radius 1 is 1.50 bits per heavy atom. The van der Waals surface area contributed by atoms with E-state index in [-0.39, 0.29) is 5.91 Å². The summed E-state index contributed by atoms with van der Waals surface area (Å²) >= 11 is 0. The highest BCUT2D eigenvalue weighted by Gasteiger charge is 2.19. The number of fused-ring (bicyclic) bond motifs is 1. The van der Waals surface area contributed by atoms with E-state index >= 15 is 0 Å². The molecule has 2 heterocycles. The van der Waals surface area contributed by atoms with Crippen LogP contribution in [-0.2, 0) is 4.79 Å². The number of aliphatic imine (C=N–C) groups is 1. The summed E-state index contributed by atoms with van der Waals surface area (Å²) in [6.45, 7) is 0.609. The summed E-state index contributed by atoms with van der Waals surface area (Å²) in [5.74, 6) is 0.0531. The summed E-state index contributed by atoms with van der Waals surface area (Å²) < 4.78 is 0. The minimum absolute atomic E-state index is 0.0531. The Bertz CT molecular complexity index is 263. The minimum atomic E-state index is 0.0531. The van der Waals surface area contributed by atoms with Gasteiger partial charge in [0.15, 0.2) is 0 Å². The third-order valence-electron chi connectivity index (χ3n) is 1.55. The second kappa shape index (κ2) is 1.80.